The number of anilines is 3. The summed E-state index contributed by atoms with van der Waals surface area (Å²) in [5, 5.41) is 3.22. The molecule has 0 bridgehead atoms. The number of hydrogen-bond acceptors (Lipinski definition) is 7. The predicted octanol–water partition coefficient (Wildman–Crippen LogP) is 3.00. The van der Waals surface area contributed by atoms with Crippen LogP contribution in [-0.4, -0.2) is 29.3 Å². The molecule has 122 valence electrons. The van der Waals surface area contributed by atoms with E-state index in [0.29, 0.717) is 18.0 Å². The fraction of sp³-hybridized carbons (Fsp3) is 0.312. The first kappa shape index (κ1) is 17.1. The number of nitrogens with zero attached hydrogens (tertiary/aromatic N) is 2. The van der Waals surface area contributed by atoms with Crippen LogP contribution in [0.4, 0.5) is 17.2 Å². The number of benzene rings is 1. The lowest BCUT2D eigenvalue weighted by molar-refractivity contribution is -0.128. The number of nitrogen functional groups attached to an aromatic ring is 1. The van der Waals surface area contributed by atoms with Crippen LogP contribution >= 0.6 is 11.8 Å². The molecule has 3 N–H and O–H groups in total. The molecule has 2 aromatic rings. The molecule has 0 aliphatic rings. The van der Waals surface area contributed by atoms with Gasteiger partial charge in [-0.05, 0) is 37.3 Å². The third kappa shape index (κ3) is 4.13. The summed E-state index contributed by atoms with van der Waals surface area (Å²) >= 11 is 1.56. The van der Waals surface area contributed by atoms with Crippen molar-refractivity contribution in [2.45, 2.75) is 19.1 Å². The van der Waals surface area contributed by atoms with E-state index >= 15 is 0 Å². The van der Waals surface area contributed by atoms with Crippen molar-refractivity contribution >= 4 is 35.4 Å². The van der Waals surface area contributed by atoms with E-state index in [4.69, 9.17) is 10.5 Å². The molecule has 23 heavy (non-hydrogen) atoms. The Morgan fingerprint density at radius 3 is 2.91 bits per heavy atom. The van der Waals surface area contributed by atoms with Gasteiger partial charge in [-0.1, -0.05) is 6.07 Å². The second-order valence-corrected chi connectivity index (χ2v) is 6.19. The van der Waals surface area contributed by atoms with Crippen molar-refractivity contribution in [3.05, 3.63) is 41.3 Å². The predicted molar refractivity (Wildman–Crippen MR) is 93.9 cm³/mol. The molecular weight excluding hydrogens is 312 g/mol. The highest BCUT2D eigenvalue weighted by molar-refractivity contribution is 7.98. The van der Waals surface area contributed by atoms with Gasteiger partial charge in [-0.25, -0.2) is 9.97 Å². The molecule has 0 fully saturated rings. The molecule has 6 nitrogen and oxygen atoms in total. The summed E-state index contributed by atoms with van der Waals surface area (Å²) in [5.41, 5.74) is 10.6. The number of thioether (sulfide) groups is 1. The van der Waals surface area contributed by atoms with Gasteiger partial charge in [-0.3, -0.25) is 4.79 Å². The monoisotopic (exact) mass is 332 g/mol. The maximum absolute atomic E-state index is 10.5. The van der Waals surface area contributed by atoms with Crippen molar-refractivity contribution in [3.8, 4) is 0 Å². The smallest absolute Gasteiger partial charge is 0.293 e. The van der Waals surface area contributed by atoms with E-state index in [-0.39, 0.29) is 11.9 Å². The number of aromatic nitrogens is 2. The van der Waals surface area contributed by atoms with Gasteiger partial charge < -0.3 is 15.8 Å². The first-order chi connectivity index (χ1) is 11.1. The summed E-state index contributed by atoms with van der Waals surface area (Å²) in [6.07, 6.45) is 5.15. The molecule has 0 saturated heterocycles. The van der Waals surface area contributed by atoms with Crippen LogP contribution in [0.2, 0.25) is 0 Å². The van der Waals surface area contributed by atoms with Gasteiger partial charge in [0.2, 0.25) is 0 Å². The summed E-state index contributed by atoms with van der Waals surface area (Å²) in [6, 6.07) is 4.01. The molecule has 0 aliphatic heterocycles. The Morgan fingerprint density at radius 2 is 2.22 bits per heavy atom. The average molecular weight is 332 g/mol. The van der Waals surface area contributed by atoms with Crippen molar-refractivity contribution in [1.82, 2.24) is 9.97 Å². The lowest BCUT2D eigenvalue weighted by Gasteiger charge is -2.18. The molecule has 2 rings (SSSR count). The Morgan fingerprint density at radius 1 is 1.43 bits per heavy atom. The van der Waals surface area contributed by atoms with Gasteiger partial charge in [0.15, 0.2) is 0 Å². The third-order valence-electron chi connectivity index (χ3n) is 3.47. The van der Waals surface area contributed by atoms with E-state index in [9.17, 15) is 4.79 Å². The van der Waals surface area contributed by atoms with Crippen LogP contribution in [0.3, 0.4) is 0 Å². The van der Waals surface area contributed by atoms with Gasteiger partial charge in [0, 0.05) is 11.8 Å². The van der Waals surface area contributed by atoms with Crippen molar-refractivity contribution in [2.75, 3.05) is 23.9 Å². The first-order valence-electron chi connectivity index (χ1n) is 7.08. The van der Waals surface area contributed by atoms with Gasteiger partial charge in [-0.2, -0.15) is 11.8 Å². The Balaban J connectivity index is 2.36. The number of aryl methyl sites for hydroxylation is 2. The minimum atomic E-state index is -0.0592. The van der Waals surface area contributed by atoms with E-state index in [1.165, 1.54) is 6.33 Å². The molecule has 0 aliphatic carbocycles. The highest BCUT2D eigenvalue weighted by atomic mass is 32.2. The summed E-state index contributed by atoms with van der Waals surface area (Å²) in [7, 11) is 0. The zero-order valence-corrected chi connectivity index (χ0v) is 14.2. The van der Waals surface area contributed by atoms with Crippen LogP contribution in [0.1, 0.15) is 21.9 Å². The fourth-order valence-electron chi connectivity index (χ4n) is 2.30. The van der Waals surface area contributed by atoms with E-state index in [2.05, 4.69) is 15.3 Å². The number of nitrogens with two attached hydrogens (primary N) is 1. The van der Waals surface area contributed by atoms with Crippen molar-refractivity contribution < 1.29 is 9.53 Å². The number of rotatable bonds is 7. The molecule has 0 radical (unpaired) electrons. The fourth-order valence-corrected chi connectivity index (χ4v) is 2.94. The van der Waals surface area contributed by atoms with E-state index < -0.39 is 0 Å². The number of hydrogen-bond donors (Lipinski definition) is 2. The summed E-state index contributed by atoms with van der Waals surface area (Å²) < 4.78 is 4.90. The zero-order chi connectivity index (χ0) is 16.8. The minimum Gasteiger partial charge on any atom is -0.466 e. The topological polar surface area (TPSA) is 90.1 Å². The number of carbonyl (C=O) groups is 1. The van der Waals surface area contributed by atoms with Crippen LogP contribution in [0.5, 0.6) is 0 Å². The van der Waals surface area contributed by atoms with Crippen LogP contribution in [0.15, 0.2) is 24.7 Å². The molecule has 0 spiro atoms. The summed E-state index contributed by atoms with van der Waals surface area (Å²) in [4.78, 5) is 18.9. The molecule has 1 aromatic heterocycles. The minimum absolute atomic E-state index is 0.0592. The zero-order valence-electron chi connectivity index (χ0n) is 13.4. The normalized spacial score (nSPS) is 11.8. The molecule has 1 unspecified atom stereocenters. The van der Waals surface area contributed by atoms with Crippen LogP contribution < -0.4 is 11.1 Å². The number of nitrogens with one attached hydrogen (secondary N) is 1. The Bertz CT molecular complexity index is 694. The molecule has 7 heteroatoms. The molecule has 1 atom stereocenters. The molecular formula is C16H20N4O2S. The summed E-state index contributed by atoms with van der Waals surface area (Å²) in [6.45, 7) is 4.69. The lowest BCUT2D eigenvalue weighted by Crippen LogP contribution is -2.09. The molecule has 1 aromatic carbocycles. The highest BCUT2D eigenvalue weighted by Gasteiger charge is 2.17. The standard InChI is InChI=1S/C16H20N4O2S/c1-10-4-11(2)15(17)13(5-10)20-16-12(6-18-8-19-16)14(23-3)7-22-9-21/h4-6,8-9,14H,7,17H2,1-3H3,(H,18,19,20). The van der Waals surface area contributed by atoms with Gasteiger partial charge >= 0.3 is 0 Å². The van der Waals surface area contributed by atoms with Gasteiger partial charge in [0.05, 0.1) is 16.6 Å². The van der Waals surface area contributed by atoms with Gasteiger partial charge in [-0.15, -0.1) is 0 Å². The van der Waals surface area contributed by atoms with Crippen molar-refractivity contribution in [1.29, 1.82) is 0 Å². The van der Waals surface area contributed by atoms with E-state index in [1.807, 2.05) is 32.2 Å². The molecule has 0 saturated carbocycles. The second kappa shape index (κ2) is 7.82. The second-order valence-electron chi connectivity index (χ2n) is 5.15. The lowest BCUT2D eigenvalue weighted by atomic mass is 10.1. The Kier molecular flexibility index (Phi) is 5.81. The Hall–Kier alpha value is -2.28. The highest BCUT2D eigenvalue weighted by Crippen LogP contribution is 2.34. The molecule has 1 heterocycles. The quantitative estimate of drug-likeness (QED) is 0.595. The largest absolute Gasteiger partial charge is 0.466 e. The maximum Gasteiger partial charge on any atom is 0.293 e. The third-order valence-corrected chi connectivity index (χ3v) is 4.43. The van der Waals surface area contributed by atoms with Crippen molar-refractivity contribution in [2.24, 2.45) is 0 Å². The average Bonchev–Trinajstić information content (AvgIpc) is 2.54. The Labute approximate surface area is 139 Å². The first-order valence-corrected chi connectivity index (χ1v) is 8.37. The van der Waals surface area contributed by atoms with Crippen LogP contribution in [0, 0.1) is 13.8 Å². The number of ether oxygens (including phenoxy) is 1. The van der Waals surface area contributed by atoms with Gasteiger partial charge in [0.25, 0.3) is 6.47 Å². The van der Waals surface area contributed by atoms with Crippen molar-refractivity contribution in [3.63, 3.8) is 0 Å². The van der Waals surface area contributed by atoms with E-state index in [1.54, 1.807) is 18.0 Å². The molecule has 0 amide bonds. The number of carbonyl (C=O) groups excluding carboxylic acids is 1. The summed E-state index contributed by atoms with van der Waals surface area (Å²) in [5.74, 6) is 0.658. The van der Waals surface area contributed by atoms with Crippen LogP contribution in [0.25, 0.3) is 0 Å². The van der Waals surface area contributed by atoms with Crippen LogP contribution in [-0.2, 0) is 9.53 Å². The maximum atomic E-state index is 10.5. The van der Waals surface area contributed by atoms with E-state index in [0.717, 1.165) is 22.4 Å². The SMILES string of the molecule is CSC(COC=O)c1cncnc1Nc1cc(C)cc(C)c1N. The van der Waals surface area contributed by atoms with Gasteiger partial charge in [0.1, 0.15) is 18.8 Å².